The van der Waals surface area contributed by atoms with Gasteiger partial charge in [0.05, 0.1) is 24.9 Å². The van der Waals surface area contributed by atoms with Gasteiger partial charge in [-0.05, 0) is 52.7 Å². The molecule has 3 N–H and O–H groups in total. The SMILES string of the molecule is CC(C)(C)OC(=O)N[C@@H](Cc1ccc([C@H]2C[C@@H](OS(C)(=O)=O)CN2C(=O)OC(C)(C)C)cc1)C(N)=O. The van der Waals surface area contributed by atoms with E-state index in [1.165, 1.54) is 4.90 Å². The van der Waals surface area contributed by atoms with E-state index in [9.17, 15) is 22.8 Å². The summed E-state index contributed by atoms with van der Waals surface area (Å²) in [6.45, 7) is 10.4. The van der Waals surface area contributed by atoms with E-state index in [0.29, 0.717) is 5.56 Å². The lowest BCUT2D eigenvalue weighted by molar-refractivity contribution is -0.120. The number of benzene rings is 1. The number of carbonyl (C=O) groups is 3. The van der Waals surface area contributed by atoms with Crippen LogP contribution in [0.15, 0.2) is 24.3 Å². The number of hydrogen-bond acceptors (Lipinski definition) is 8. The average Bonchev–Trinajstić information content (AvgIpc) is 3.07. The van der Waals surface area contributed by atoms with Crippen LogP contribution in [-0.2, 0) is 35.0 Å². The fourth-order valence-electron chi connectivity index (χ4n) is 3.74. The van der Waals surface area contributed by atoms with E-state index < -0.39 is 57.6 Å². The number of nitrogens with zero attached hydrogens (tertiary/aromatic N) is 1. The highest BCUT2D eigenvalue weighted by molar-refractivity contribution is 7.86. The predicted molar refractivity (Wildman–Crippen MR) is 133 cm³/mol. The number of likely N-dealkylation sites (tertiary alicyclic amines) is 1. The van der Waals surface area contributed by atoms with Gasteiger partial charge in [-0.25, -0.2) is 9.59 Å². The topological polar surface area (TPSA) is 154 Å². The quantitative estimate of drug-likeness (QED) is 0.513. The van der Waals surface area contributed by atoms with Gasteiger partial charge in [0.15, 0.2) is 0 Å². The molecule has 0 unspecified atom stereocenters. The second-order valence-corrected chi connectivity index (χ2v) is 12.5. The van der Waals surface area contributed by atoms with Crippen LogP contribution in [0.3, 0.4) is 0 Å². The van der Waals surface area contributed by atoms with Gasteiger partial charge in [0.25, 0.3) is 10.1 Å². The smallest absolute Gasteiger partial charge is 0.410 e. The zero-order valence-electron chi connectivity index (χ0n) is 21.9. The van der Waals surface area contributed by atoms with Crippen LogP contribution in [0.5, 0.6) is 0 Å². The standard InChI is InChI=1S/C24H37N3O8S/c1-23(2,3)33-21(29)26-18(20(25)28)12-15-8-10-16(11-9-15)19-13-17(35-36(7,31)32)14-27(19)22(30)34-24(4,5)6/h8-11,17-19H,12-14H2,1-7H3,(H2,25,28)(H,26,29)/t17-,18+,19-/m1/s1. The van der Waals surface area contributed by atoms with E-state index in [0.717, 1.165) is 11.8 Å². The summed E-state index contributed by atoms with van der Waals surface area (Å²) in [6, 6.07) is 5.58. The molecular formula is C24H37N3O8S. The highest BCUT2D eigenvalue weighted by Crippen LogP contribution is 2.35. The monoisotopic (exact) mass is 527 g/mol. The number of amides is 3. The maximum absolute atomic E-state index is 12.8. The van der Waals surface area contributed by atoms with Gasteiger partial charge >= 0.3 is 12.2 Å². The Bertz CT molecular complexity index is 1060. The van der Waals surface area contributed by atoms with Gasteiger partial charge in [-0.3, -0.25) is 13.9 Å². The lowest BCUT2D eigenvalue weighted by Gasteiger charge is -2.28. The second-order valence-electron chi connectivity index (χ2n) is 10.9. The minimum absolute atomic E-state index is 0.0535. The Hall–Kier alpha value is -2.86. The number of nitrogens with one attached hydrogen (secondary N) is 1. The van der Waals surface area contributed by atoms with E-state index in [1.807, 2.05) is 0 Å². The van der Waals surface area contributed by atoms with Crippen LogP contribution in [0, 0.1) is 0 Å². The molecule has 2 rings (SSSR count). The molecule has 3 atom stereocenters. The summed E-state index contributed by atoms with van der Waals surface area (Å²) < 4.78 is 39.2. The lowest BCUT2D eigenvalue weighted by atomic mass is 9.99. The first kappa shape index (κ1) is 29.4. The molecule has 202 valence electrons. The summed E-state index contributed by atoms with van der Waals surface area (Å²) in [6.07, 6.45) is -0.682. The van der Waals surface area contributed by atoms with Crippen LogP contribution < -0.4 is 11.1 Å². The number of carbonyl (C=O) groups excluding carboxylic acids is 3. The molecule has 1 aliphatic heterocycles. The van der Waals surface area contributed by atoms with Crippen molar-refractivity contribution in [3.8, 4) is 0 Å². The second kappa shape index (κ2) is 11.0. The highest BCUT2D eigenvalue weighted by Gasteiger charge is 2.40. The summed E-state index contributed by atoms with van der Waals surface area (Å²) >= 11 is 0. The van der Waals surface area contributed by atoms with Crippen LogP contribution in [0.2, 0.25) is 0 Å². The molecule has 11 nitrogen and oxygen atoms in total. The zero-order chi connectivity index (χ0) is 27.5. The summed E-state index contributed by atoms with van der Waals surface area (Å²) in [7, 11) is -3.71. The van der Waals surface area contributed by atoms with E-state index in [-0.39, 0.29) is 19.4 Å². The third-order valence-corrected chi connectivity index (χ3v) is 5.66. The predicted octanol–water partition coefficient (Wildman–Crippen LogP) is 2.63. The minimum Gasteiger partial charge on any atom is -0.444 e. The Morgan fingerprint density at radius 3 is 2.08 bits per heavy atom. The van der Waals surface area contributed by atoms with Gasteiger partial charge in [-0.1, -0.05) is 24.3 Å². The van der Waals surface area contributed by atoms with E-state index >= 15 is 0 Å². The average molecular weight is 528 g/mol. The summed E-state index contributed by atoms with van der Waals surface area (Å²) in [5.41, 5.74) is 5.45. The van der Waals surface area contributed by atoms with E-state index in [4.69, 9.17) is 19.4 Å². The fraction of sp³-hybridized carbons (Fsp3) is 0.625. The molecule has 0 bridgehead atoms. The van der Waals surface area contributed by atoms with E-state index in [2.05, 4.69) is 5.32 Å². The summed E-state index contributed by atoms with van der Waals surface area (Å²) in [4.78, 5) is 38.3. The molecule has 1 aromatic rings. The number of rotatable bonds is 7. The summed E-state index contributed by atoms with van der Waals surface area (Å²) in [5.74, 6) is -0.711. The molecule has 0 saturated carbocycles. The van der Waals surface area contributed by atoms with Crippen molar-refractivity contribution in [1.82, 2.24) is 10.2 Å². The molecule has 0 spiro atoms. The fourth-order valence-corrected chi connectivity index (χ4v) is 4.37. The van der Waals surface area contributed by atoms with Crippen molar-refractivity contribution in [2.45, 2.75) is 83.8 Å². The van der Waals surface area contributed by atoms with Crippen molar-refractivity contribution in [3.63, 3.8) is 0 Å². The molecule has 1 aromatic carbocycles. The maximum atomic E-state index is 12.8. The summed E-state index contributed by atoms with van der Waals surface area (Å²) in [5, 5.41) is 2.48. The molecule has 0 aromatic heterocycles. The molecule has 1 fully saturated rings. The third-order valence-electron chi connectivity index (χ3n) is 5.04. The molecule has 0 radical (unpaired) electrons. The Morgan fingerprint density at radius 2 is 1.61 bits per heavy atom. The Balaban J connectivity index is 2.19. The highest BCUT2D eigenvalue weighted by atomic mass is 32.2. The van der Waals surface area contributed by atoms with Crippen molar-refractivity contribution >= 4 is 28.2 Å². The Kier molecular flexibility index (Phi) is 9.00. The Morgan fingerprint density at radius 1 is 1.06 bits per heavy atom. The molecule has 1 aliphatic rings. The van der Waals surface area contributed by atoms with Crippen molar-refractivity contribution < 1.29 is 36.5 Å². The van der Waals surface area contributed by atoms with Gasteiger partial charge in [0.1, 0.15) is 17.2 Å². The molecular weight excluding hydrogens is 490 g/mol. The van der Waals surface area contributed by atoms with Gasteiger partial charge in [-0.15, -0.1) is 0 Å². The van der Waals surface area contributed by atoms with Crippen molar-refractivity contribution in [1.29, 1.82) is 0 Å². The Labute approximate surface area is 212 Å². The number of nitrogens with two attached hydrogens (primary N) is 1. The van der Waals surface area contributed by atoms with Crippen molar-refractivity contribution in [2.75, 3.05) is 12.8 Å². The first-order valence-corrected chi connectivity index (χ1v) is 13.4. The molecule has 3 amide bonds. The largest absolute Gasteiger partial charge is 0.444 e. The molecule has 36 heavy (non-hydrogen) atoms. The van der Waals surface area contributed by atoms with E-state index in [1.54, 1.807) is 65.8 Å². The number of hydrogen-bond donors (Lipinski definition) is 2. The van der Waals surface area contributed by atoms with Crippen LogP contribution in [-0.4, -0.2) is 67.6 Å². The first-order valence-electron chi connectivity index (χ1n) is 11.6. The van der Waals surface area contributed by atoms with Crippen LogP contribution >= 0.6 is 0 Å². The van der Waals surface area contributed by atoms with Crippen LogP contribution in [0.25, 0.3) is 0 Å². The van der Waals surface area contributed by atoms with Gasteiger partial charge in [-0.2, -0.15) is 8.42 Å². The number of alkyl carbamates (subject to hydrolysis) is 1. The molecule has 1 saturated heterocycles. The maximum Gasteiger partial charge on any atom is 0.410 e. The lowest BCUT2D eigenvalue weighted by Crippen LogP contribution is -2.47. The van der Waals surface area contributed by atoms with Crippen LogP contribution in [0.1, 0.15) is 65.1 Å². The van der Waals surface area contributed by atoms with Gasteiger partial charge < -0.3 is 20.5 Å². The number of ether oxygens (including phenoxy) is 2. The first-order chi connectivity index (χ1) is 16.3. The normalized spacial score (nSPS) is 19.5. The van der Waals surface area contributed by atoms with Gasteiger partial charge in [0.2, 0.25) is 5.91 Å². The third kappa shape index (κ3) is 9.65. The van der Waals surface area contributed by atoms with Crippen molar-refractivity contribution in [2.24, 2.45) is 5.73 Å². The molecule has 1 heterocycles. The number of primary amides is 1. The van der Waals surface area contributed by atoms with Crippen molar-refractivity contribution in [3.05, 3.63) is 35.4 Å². The van der Waals surface area contributed by atoms with Gasteiger partial charge in [0, 0.05) is 12.8 Å². The minimum atomic E-state index is -3.71. The van der Waals surface area contributed by atoms with Crippen LogP contribution in [0.4, 0.5) is 9.59 Å². The molecule has 12 heteroatoms. The zero-order valence-corrected chi connectivity index (χ0v) is 22.7. The molecule has 0 aliphatic carbocycles.